The van der Waals surface area contributed by atoms with Crippen LogP contribution < -0.4 is 10.1 Å². The summed E-state index contributed by atoms with van der Waals surface area (Å²) in [5, 5.41) is 12.1. The predicted octanol–water partition coefficient (Wildman–Crippen LogP) is 2.51. The summed E-state index contributed by atoms with van der Waals surface area (Å²) < 4.78 is 5.55. The second kappa shape index (κ2) is 7.40. The molecule has 5 heteroatoms. The lowest BCUT2D eigenvalue weighted by molar-refractivity contribution is 0.0697. The number of nitrogens with one attached hydrogen (secondary N) is 1. The van der Waals surface area contributed by atoms with Gasteiger partial charge in [-0.15, -0.1) is 0 Å². The summed E-state index contributed by atoms with van der Waals surface area (Å²) in [5.74, 6) is -0.278. The van der Waals surface area contributed by atoms with Gasteiger partial charge in [-0.1, -0.05) is 6.07 Å². The molecule has 0 spiro atoms. The third-order valence-electron chi connectivity index (χ3n) is 3.05. The van der Waals surface area contributed by atoms with Crippen molar-refractivity contribution in [2.45, 2.75) is 13.0 Å². The molecule has 2 rings (SSSR count). The lowest BCUT2D eigenvalue weighted by Gasteiger charge is -2.13. The van der Waals surface area contributed by atoms with Crippen LogP contribution in [0.15, 0.2) is 48.7 Å². The number of pyridine rings is 1. The van der Waals surface area contributed by atoms with E-state index in [1.807, 2.05) is 25.1 Å². The Morgan fingerprint density at radius 1 is 1.29 bits per heavy atom. The van der Waals surface area contributed by atoms with E-state index in [0.29, 0.717) is 18.9 Å². The molecule has 0 saturated carbocycles. The van der Waals surface area contributed by atoms with E-state index < -0.39 is 5.97 Å². The van der Waals surface area contributed by atoms with E-state index in [2.05, 4.69) is 10.3 Å². The number of rotatable bonds is 7. The summed E-state index contributed by atoms with van der Waals surface area (Å²) in [4.78, 5) is 15.0. The monoisotopic (exact) mass is 286 g/mol. The molecule has 0 fully saturated rings. The molecule has 5 nitrogen and oxygen atoms in total. The van der Waals surface area contributed by atoms with E-state index in [-0.39, 0.29) is 11.6 Å². The van der Waals surface area contributed by atoms with Crippen molar-refractivity contribution in [1.82, 2.24) is 10.3 Å². The highest BCUT2D eigenvalue weighted by Gasteiger charge is 2.05. The smallest absolute Gasteiger partial charge is 0.335 e. The van der Waals surface area contributed by atoms with Gasteiger partial charge in [-0.3, -0.25) is 4.98 Å². The van der Waals surface area contributed by atoms with Crippen molar-refractivity contribution >= 4 is 5.97 Å². The minimum Gasteiger partial charge on any atom is -0.492 e. The molecule has 0 radical (unpaired) electrons. The average Bonchev–Trinajstić information content (AvgIpc) is 2.52. The number of hydrogen-bond donors (Lipinski definition) is 2. The molecular formula is C16H18N2O3. The number of nitrogens with zero attached hydrogens (tertiary/aromatic N) is 1. The first-order valence-electron chi connectivity index (χ1n) is 6.77. The van der Waals surface area contributed by atoms with Crippen LogP contribution in [0.4, 0.5) is 0 Å². The first kappa shape index (κ1) is 15.0. The molecule has 2 aromatic rings. The van der Waals surface area contributed by atoms with Gasteiger partial charge in [0, 0.05) is 18.8 Å². The predicted molar refractivity (Wildman–Crippen MR) is 79.6 cm³/mol. The molecule has 0 amide bonds. The Bertz CT molecular complexity index is 570. The van der Waals surface area contributed by atoms with Crippen LogP contribution in [0.25, 0.3) is 0 Å². The van der Waals surface area contributed by atoms with Crippen molar-refractivity contribution in [2.24, 2.45) is 0 Å². The normalized spacial score (nSPS) is 11.9. The maximum absolute atomic E-state index is 10.7. The van der Waals surface area contributed by atoms with E-state index in [1.165, 1.54) is 12.1 Å². The SMILES string of the molecule is C[C@@H](NCCOc1ccc(C(=O)O)cc1)c1ccccn1. The number of carbonyl (C=O) groups is 1. The van der Waals surface area contributed by atoms with Crippen LogP contribution in [-0.2, 0) is 0 Å². The van der Waals surface area contributed by atoms with Gasteiger partial charge in [0.15, 0.2) is 0 Å². The van der Waals surface area contributed by atoms with Crippen molar-refractivity contribution in [3.63, 3.8) is 0 Å². The van der Waals surface area contributed by atoms with Crippen LogP contribution >= 0.6 is 0 Å². The average molecular weight is 286 g/mol. The zero-order valence-corrected chi connectivity index (χ0v) is 11.8. The lowest BCUT2D eigenvalue weighted by Crippen LogP contribution is -2.24. The van der Waals surface area contributed by atoms with E-state index in [9.17, 15) is 4.79 Å². The zero-order valence-electron chi connectivity index (χ0n) is 11.8. The number of aromatic nitrogens is 1. The molecule has 1 heterocycles. The standard InChI is InChI=1S/C16H18N2O3/c1-12(15-4-2-3-9-18-15)17-10-11-21-14-7-5-13(6-8-14)16(19)20/h2-9,12,17H,10-11H2,1H3,(H,19,20)/t12-/m1/s1. The fourth-order valence-corrected chi connectivity index (χ4v) is 1.87. The van der Waals surface area contributed by atoms with Gasteiger partial charge in [-0.2, -0.15) is 0 Å². The van der Waals surface area contributed by atoms with Gasteiger partial charge in [-0.25, -0.2) is 4.79 Å². The number of carboxylic acids is 1. The molecule has 0 saturated heterocycles. The molecule has 1 aromatic heterocycles. The second-order valence-electron chi connectivity index (χ2n) is 4.61. The molecule has 1 atom stereocenters. The van der Waals surface area contributed by atoms with Gasteiger partial charge >= 0.3 is 5.97 Å². The van der Waals surface area contributed by atoms with Crippen molar-refractivity contribution in [3.05, 3.63) is 59.9 Å². The van der Waals surface area contributed by atoms with Crippen LogP contribution in [0, 0.1) is 0 Å². The largest absolute Gasteiger partial charge is 0.492 e. The van der Waals surface area contributed by atoms with Crippen molar-refractivity contribution in [3.8, 4) is 5.75 Å². The molecule has 0 unspecified atom stereocenters. The summed E-state index contributed by atoms with van der Waals surface area (Å²) in [6, 6.07) is 12.4. The van der Waals surface area contributed by atoms with Gasteiger partial charge in [0.2, 0.25) is 0 Å². The number of carboxylic acid groups (broad SMARTS) is 1. The number of hydrogen-bond acceptors (Lipinski definition) is 4. The number of benzene rings is 1. The van der Waals surface area contributed by atoms with Crippen molar-refractivity contribution < 1.29 is 14.6 Å². The maximum Gasteiger partial charge on any atom is 0.335 e. The van der Waals surface area contributed by atoms with Crippen molar-refractivity contribution in [1.29, 1.82) is 0 Å². The molecule has 0 aliphatic carbocycles. The van der Waals surface area contributed by atoms with Crippen LogP contribution in [0.5, 0.6) is 5.75 Å². The Kier molecular flexibility index (Phi) is 5.29. The van der Waals surface area contributed by atoms with Gasteiger partial charge in [-0.05, 0) is 43.3 Å². The topological polar surface area (TPSA) is 71.5 Å². The maximum atomic E-state index is 10.7. The summed E-state index contributed by atoms with van der Waals surface area (Å²) in [6.45, 7) is 3.23. The van der Waals surface area contributed by atoms with Crippen molar-refractivity contribution in [2.75, 3.05) is 13.2 Å². The van der Waals surface area contributed by atoms with E-state index in [4.69, 9.17) is 9.84 Å². The number of aromatic carboxylic acids is 1. The quantitative estimate of drug-likeness (QED) is 0.765. The van der Waals surface area contributed by atoms with Gasteiger partial charge in [0.25, 0.3) is 0 Å². The molecule has 0 aliphatic heterocycles. The molecule has 0 bridgehead atoms. The first-order chi connectivity index (χ1) is 10.2. The molecule has 110 valence electrons. The Labute approximate surface area is 123 Å². The minimum absolute atomic E-state index is 0.157. The highest BCUT2D eigenvalue weighted by atomic mass is 16.5. The van der Waals surface area contributed by atoms with E-state index in [1.54, 1.807) is 18.3 Å². The van der Waals surface area contributed by atoms with Crippen LogP contribution in [0.2, 0.25) is 0 Å². The van der Waals surface area contributed by atoms with Gasteiger partial charge < -0.3 is 15.2 Å². The molecular weight excluding hydrogens is 268 g/mol. The van der Waals surface area contributed by atoms with Crippen LogP contribution in [-0.4, -0.2) is 29.2 Å². The fraction of sp³-hybridized carbons (Fsp3) is 0.250. The molecule has 1 aromatic carbocycles. The number of ether oxygens (including phenoxy) is 1. The first-order valence-corrected chi connectivity index (χ1v) is 6.77. The molecule has 21 heavy (non-hydrogen) atoms. The Morgan fingerprint density at radius 3 is 2.67 bits per heavy atom. The fourth-order valence-electron chi connectivity index (χ4n) is 1.87. The zero-order chi connectivity index (χ0) is 15.1. The van der Waals surface area contributed by atoms with Gasteiger partial charge in [0.05, 0.1) is 11.3 Å². The minimum atomic E-state index is -0.938. The van der Waals surface area contributed by atoms with E-state index >= 15 is 0 Å². The molecule has 0 aliphatic rings. The third kappa shape index (κ3) is 4.57. The van der Waals surface area contributed by atoms with Crippen LogP contribution in [0.1, 0.15) is 29.0 Å². The lowest BCUT2D eigenvalue weighted by atomic mass is 10.2. The Morgan fingerprint density at radius 2 is 2.05 bits per heavy atom. The Balaban J connectivity index is 1.73. The summed E-state index contributed by atoms with van der Waals surface area (Å²) in [7, 11) is 0. The third-order valence-corrected chi connectivity index (χ3v) is 3.05. The van der Waals surface area contributed by atoms with E-state index in [0.717, 1.165) is 5.69 Å². The molecule has 2 N–H and O–H groups in total. The Hall–Kier alpha value is -2.40. The highest BCUT2D eigenvalue weighted by Crippen LogP contribution is 2.12. The summed E-state index contributed by atoms with van der Waals surface area (Å²) >= 11 is 0. The second-order valence-corrected chi connectivity index (χ2v) is 4.61. The van der Waals surface area contributed by atoms with Gasteiger partial charge in [0.1, 0.15) is 12.4 Å². The van der Waals surface area contributed by atoms with Crippen LogP contribution in [0.3, 0.4) is 0 Å². The summed E-state index contributed by atoms with van der Waals surface area (Å²) in [6.07, 6.45) is 1.77. The highest BCUT2D eigenvalue weighted by molar-refractivity contribution is 5.87. The summed E-state index contributed by atoms with van der Waals surface area (Å²) in [5.41, 5.74) is 1.24.